The lowest BCUT2D eigenvalue weighted by Crippen LogP contribution is -2.60. The Balaban J connectivity index is 1.92. The van der Waals surface area contributed by atoms with Gasteiger partial charge in [-0.05, 0) is 43.9 Å². The van der Waals surface area contributed by atoms with E-state index < -0.39 is 16.1 Å². The third-order valence-corrected chi connectivity index (χ3v) is 4.90. The van der Waals surface area contributed by atoms with Crippen LogP contribution in [-0.2, 0) is 14.4 Å². The van der Waals surface area contributed by atoms with Crippen LogP contribution in [0.25, 0.3) is 0 Å². The van der Waals surface area contributed by atoms with E-state index in [4.69, 9.17) is 14.8 Å². The minimum atomic E-state index is -0.672. The van der Waals surface area contributed by atoms with Crippen LogP contribution in [0.4, 0.5) is 0 Å². The molecule has 6 nitrogen and oxygen atoms in total. The predicted molar refractivity (Wildman–Crippen MR) is 58.4 cm³/mol. The van der Waals surface area contributed by atoms with Gasteiger partial charge in [-0.25, -0.2) is 5.21 Å². The quantitative estimate of drug-likeness (QED) is 0.613. The highest BCUT2D eigenvalue weighted by molar-refractivity contribution is 5.77. The van der Waals surface area contributed by atoms with Gasteiger partial charge in [0.2, 0.25) is 0 Å². The fourth-order valence-electron chi connectivity index (χ4n) is 4.91. The normalized spacial score (nSPS) is 44.7. The second-order valence-corrected chi connectivity index (χ2v) is 6.25. The van der Waals surface area contributed by atoms with E-state index in [0.717, 1.165) is 32.1 Å². The maximum atomic E-state index is 12.1. The second kappa shape index (κ2) is 3.59. The maximum absolute atomic E-state index is 12.1. The molecule has 4 saturated carbocycles. The molecule has 0 heterocycles. The SMILES string of the molecule is COC(=O)C12CC3CC(CC(O[N+](=O)O)(C3)C1)C2. The number of ether oxygens (including phenoxy) is 1. The maximum Gasteiger partial charge on any atom is 0.475 e. The standard InChI is InChI=1S/C12H18NO5/c1-17-10(14)11-3-8-2-9(4-11)6-12(5-8,7-11)18-13(15)16/h8-9H,2-7H2,1H3,(H,15,16)/q+1. The fraction of sp³-hybridized carbons (Fsp3) is 0.917. The molecule has 0 saturated heterocycles. The van der Waals surface area contributed by atoms with Crippen LogP contribution in [0.2, 0.25) is 0 Å². The summed E-state index contributed by atoms with van der Waals surface area (Å²) in [5, 5.41) is 8.39. The van der Waals surface area contributed by atoms with Crippen LogP contribution in [0.15, 0.2) is 0 Å². The van der Waals surface area contributed by atoms with Gasteiger partial charge < -0.3 is 4.74 Å². The zero-order valence-corrected chi connectivity index (χ0v) is 10.4. The van der Waals surface area contributed by atoms with Crippen molar-refractivity contribution in [2.45, 2.75) is 44.1 Å². The first kappa shape index (κ1) is 11.7. The van der Waals surface area contributed by atoms with Gasteiger partial charge in [-0.1, -0.05) is 0 Å². The zero-order chi connectivity index (χ0) is 13.0. The topological polar surface area (TPSA) is 75.8 Å². The Labute approximate surface area is 105 Å². The molecule has 100 valence electrons. The van der Waals surface area contributed by atoms with Gasteiger partial charge in [0.05, 0.1) is 12.5 Å². The van der Waals surface area contributed by atoms with Crippen LogP contribution in [0.1, 0.15) is 38.5 Å². The Morgan fingerprint density at radius 3 is 2.39 bits per heavy atom. The Morgan fingerprint density at radius 1 is 1.28 bits per heavy atom. The molecule has 0 aromatic carbocycles. The van der Waals surface area contributed by atoms with Crippen molar-refractivity contribution in [3.63, 3.8) is 0 Å². The first-order chi connectivity index (χ1) is 8.47. The Hall–Kier alpha value is -1.33. The summed E-state index contributed by atoms with van der Waals surface area (Å²) in [5.41, 5.74) is -1.18. The van der Waals surface area contributed by atoms with Crippen molar-refractivity contribution in [1.29, 1.82) is 0 Å². The van der Waals surface area contributed by atoms with Crippen molar-refractivity contribution in [2.24, 2.45) is 17.3 Å². The second-order valence-electron chi connectivity index (χ2n) is 6.25. The van der Waals surface area contributed by atoms with Crippen molar-refractivity contribution in [3.8, 4) is 0 Å². The number of carbonyl (C=O) groups is 1. The highest BCUT2D eigenvalue weighted by Gasteiger charge is 2.65. The molecule has 0 aromatic heterocycles. The molecule has 0 aromatic rings. The number of hydrogen-bond acceptors (Lipinski definition) is 4. The Bertz CT molecular complexity index is 393. The molecule has 4 aliphatic carbocycles. The van der Waals surface area contributed by atoms with Gasteiger partial charge in [0, 0.05) is 6.42 Å². The minimum absolute atomic E-state index is 0.194. The average Bonchev–Trinajstić information content (AvgIpc) is 2.24. The third kappa shape index (κ3) is 1.58. The molecule has 6 heteroatoms. The molecule has 4 aliphatic rings. The monoisotopic (exact) mass is 256 g/mol. The number of hydrogen-bond donors (Lipinski definition) is 1. The van der Waals surface area contributed by atoms with E-state index in [-0.39, 0.29) is 5.97 Å². The lowest BCUT2D eigenvalue weighted by atomic mass is 9.48. The van der Waals surface area contributed by atoms with Gasteiger partial charge in [0.1, 0.15) is 4.91 Å². The number of rotatable bonds is 3. The lowest BCUT2D eigenvalue weighted by molar-refractivity contribution is -0.990. The van der Waals surface area contributed by atoms with Crippen LogP contribution in [0, 0.1) is 22.2 Å². The molecule has 0 aliphatic heterocycles. The third-order valence-electron chi connectivity index (χ3n) is 4.90. The molecule has 0 spiro atoms. The summed E-state index contributed by atoms with van der Waals surface area (Å²) in [5.74, 6) is 0.593. The van der Waals surface area contributed by atoms with E-state index in [0.29, 0.717) is 18.3 Å². The summed E-state index contributed by atoms with van der Waals surface area (Å²) in [7, 11) is 1.40. The molecule has 2 atom stereocenters. The molecule has 4 bridgehead atoms. The van der Waals surface area contributed by atoms with Crippen molar-refractivity contribution in [1.82, 2.24) is 0 Å². The molecule has 1 N–H and O–H groups in total. The van der Waals surface area contributed by atoms with Crippen molar-refractivity contribution < 1.29 is 24.7 Å². The molecule has 2 unspecified atom stereocenters. The van der Waals surface area contributed by atoms with Crippen molar-refractivity contribution >= 4 is 5.97 Å². The fourth-order valence-corrected chi connectivity index (χ4v) is 4.91. The van der Waals surface area contributed by atoms with Crippen molar-refractivity contribution in [3.05, 3.63) is 4.91 Å². The molecular weight excluding hydrogens is 238 g/mol. The predicted octanol–water partition coefficient (Wildman–Crippen LogP) is 1.60. The van der Waals surface area contributed by atoms with Gasteiger partial charge in [-0.15, -0.1) is 0 Å². The average molecular weight is 256 g/mol. The minimum Gasteiger partial charge on any atom is -0.469 e. The van der Waals surface area contributed by atoms with Gasteiger partial charge in [0.25, 0.3) is 0 Å². The summed E-state index contributed by atoms with van der Waals surface area (Å²) in [6, 6.07) is 0. The molecule has 4 fully saturated rings. The summed E-state index contributed by atoms with van der Waals surface area (Å²) in [4.78, 5) is 28.0. The van der Waals surface area contributed by atoms with E-state index in [1.165, 1.54) is 7.11 Å². The van der Waals surface area contributed by atoms with E-state index in [2.05, 4.69) is 0 Å². The molecular formula is C12H18NO5+. The number of esters is 1. The number of nitrogens with zero attached hydrogens (tertiary/aromatic N) is 1. The number of carbonyl (C=O) groups excluding carboxylic acids is 1. The Morgan fingerprint density at radius 2 is 1.89 bits per heavy atom. The van der Waals surface area contributed by atoms with Crippen LogP contribution in [-0.4, -0.2) is 29.0 Å². The van der Waals surface area contributed by atoms with Crippen LogP contribution >= 0.6 is 0 Å². The highest BCUT2D eigenvalue weighted by atomic mass is 17.0. The molecule has 0 amide bonds. The van der Waals surface area contributed by atoms with Gasteiger partial charge in [-0.3, -0.25) is 4.79 Å². The Kier molecular flexibility index (Phi) is 2.34. The first-order valence-electron chi connectivity index (χ1n) is 6.41. The van der Waals surface area contributed by atoms with E-state index in [1.807, 2.05) is 0 Å². The molecule has 0 radical (unpaired) electrons. The van der Waals surface area contributed by atoms with Gasteiger partial charge in [0.15, 0.2) is 5.60 Å². The number of methoxy groups -OCH3 is 1. The smallest absolute Gasteiger partial charge is 0.469 e. The van der Waals surface area contributed by atoms with Gasteiger partial charge >= 0.3 is 11.1 Å². The summed E-state index contributed by atoms with van der Waals surface area (Å²) < 4.78 is 4.94. The zero-order valence-electron chi connectivity index (χ0n) is 10.4. The summed E-state index contributed by atoms with van der Waals surface area (Å²) in [6.45, 7) is 0. The summed E-state index contributed by atoms with van der Waals surface area (Å²) in [6.07, 6.45) is 4.73. The molecule has 18 heavy (non-hydrogen) atoms. The van der Waals surface area contributed by atoms with E-state index >= 15 is 0 Å². The van der Waals surface area contributed by atoms with Crippen LogP contribution in [0.3, 0.4) is 0 Å². The van der Waals surface area contributed by atoms with E-state index in [1.54, 1.807) is 0 Å². The largest absolute Gasteiger partial charge is 0.475 e. The summed E-state index contributed by atoms with van der Waals surface area (Å²) >= 11 is 0. The van der Waals surface area contributed by atoms with E-state index in [9.17, 15) is 9.70 Å². The first-order valence-corrected chi connectivity index (χ1v) is 6.41. The van der Waals surface area contributed by atoms with Crippen molar-refractivity contribution in [2.75, 3.05) is 7.11 Å². The van der Waals surface area contributed by atoms with Crippen LogP contribution < -0.4 is 0 Å². The van der Waals surface area contributed by atoms with Crippen LogP contribution in [0.5, 0.6) is 0 Å². The molecule has 4 rings (SSSR count). The van der Waals surface area contributed by atoms with Gasteiger partial charge in [-0.2, -0.15) is 4.84 Å². The lowest BCUT2D eigenvalue weighted by Gasteiger charge is -2.57. The highest BCUT2D eigenvalue weighted by Crippen LogP contribution is 2.63.